The van der Waals surface area contributed by atoms with Gasteiger partial charge >= 0.3 is 0 Å². The molecular weight excluding hydrogens is 949 g/mol. The van der Waals surface area contributed by atoms with Gasteiger partial charge in [-0.3, -0.25) is 19.6 Å². The van der Waals surface area contributed by atoms with Crippen LogP contribution in [0.1, 0.15) is 74.1 Å². The van der Waals surface area contributed by atoms with Gasteiger partial charge in [0.25, 0.3) is 0 Å². The first-order valence-electron chi connectivity index (χ1n) is 25.7. The maximum atomic E-state index is 2.79. The van der Waals surface area contributed by atoms with E-state index in [1.807, 2.05) is 0 Å². The van der Waals surface area contributed by atoms with Gasteiger partial charge in [-0.25, -0.2) is 0 Å². The molecule has 0 spiro atoms. The van der Waals surface area contributed by atoms with Crippen molar-refractivity contribution in [3.8, 4) is 0 Å². The third-order valence-electron chi connectivity index (χ3n) is 14.6. The molecule has 8 aromatic rings. The molecule has 2 aliphatic heterocycles. The lowest BCUT2D eigenvalue weighted by molar-refractivity contribution is 0.262. The first kappa shape index (κ1) is 52.2. The maximum absolute atomic E-state index is 2.79. The van der Waals surface area contributed by atoms with Crippen LogP contribution >= 0.6 is 31.7 Å². The Morgan fingerprint density at radius 1 is 0.222 bits per heavy atom. The number of hydrogen-bond acceptors (Lipinski definition) is 4. The van der Waals surface area contributed by atoms with Crippen LogP contribution in [0.4, 0.5) is 0 Å². The minimum Gasteiger partial charge on any atom is -0.288 e. The molecule has 368 valence electrons. The summed E-state index contributed by atoms with van der Waals surface area (Å²) in [5, 5.41) is 6.03. The highest BCUT2D eigenvalue weighted by Gasteiger charge is 2.34. The average Bonchev–Trinajstić information content (AvgIpc) is 3.44. The molecule has 4 atom stereocenters. The van der Waals surface area contributed by atoms with Crippen LogP contribution in [0.15, 0.2) is 243 Å². The number of benzene rings is 8. The Balaban J connectivity index is 0.000000178. The number of nitrogens with zero attached hydrogens (tertiary/aromatic N) is 4. The monoisotopic (exact) mass is 1020 g/mol. The lowest BCUT2D eigenvalue weighted by Gasteiger charge is -2.43. The fraction of sp³-hybridized carbons (Fsp3) is 0.250. The van der Waals surface area contributed by atoms with Gasteiger partial charge in [-0.15, -0.1) is 0 Å². The van der Waals surface area contributed by atoms with E-state index in [2.05, 4.69) is 290 Å². The molecule has 10 rings (SSSR count). The van der Waals surface area contributed by atoms with Crippen LogP contribution in [0.3, 0.4) is 0 Å². The van der Waals surface area contributed by atoms with Crippen LogP contribution in [0, 0.1) is 0 Å². The zero-order chi connectivity index (χ0) is 49.5. The van der Waals surface area contributed by atoms with E-state index in [4.69, 9.17) is 0 Å². The molecule has 8 aromatic carbocycles. The van der Waals surface area contributed by atoms with E-state index in [1.165, 1.54) is 43.5 Å². The van der Waals surface area contributed by atoms with Crippen molar-refractivity contribution in [3.05, 3.63) is 265 Å². The largest absolute Gasteiger partial charge is 0.288 e. The van der Waals surface area contributed by atoms with E-state index in [0.29, 0.717) is 24.2 Å². The highest BCUT2D eigenvalue weighted by atomic mass is 31.1. The van der Waals surface area contributed by atoms with Gasteiger partial charge in [0.05, 0.1) is 0 Å². The molecule has 0 unspecified atom stereocenters. The van der Waals surface area contributed by atoms with Gasteiger partial charge in [0.15, 0.2) is 0 Å². The molecule has 0 aliphatic carbocycles. The van der Waals surface area contributed by atoms with Gasteiger partial charge in [-0.1, -0.05) is 243 Å². The van der Waals surface area contributed by atoms with Gasteiger partial charge in [0, 0.05) is 74.5 Å². The Labute approximate surface area is 437 Å². The van der Waals surface area contributed by atoms with E-state index in [9.17, 15) is 0 Å². The Morgan fingerprint density at radius 2 is 0.361 bits per heavy atom. The smallest absolute Gasteiger partial charge is 0.0327 e. The summed E-state index contributed by atoms with van der Waals surface area (Å²) in [6.45, 7) is 9.60. The highest BCUT2D eigenvalue weighted by molar-refractivity contribution is 7.67. The minimum absolute atomic E-state index is 0.360. The molecule has 0 saturated carbocycles. The Bertz CT molecular complexity index is 2350. The van der Waals surface area contributed by atoms with Crippen LogP contribution in [-0.2, 0) is 0 Å². The van der Waals surface area contributed by atoms with Crippen LogP contribution in [0.5, 0.6) is 0 Å². The predicted molar refractivity (Wildman–Crippen MR) is 318 cm³/mol. The zero-order valence-corrected chi connectivity index (χ0v) is 46.2. The fourth-order valence-electron chi connectivity index (χ4n) is 10.1. The number of rotatable bonds is 12. The zero-order valence-electron chi connectivity index (χ0n) is 42.6. The molecule has 72 heavy (non-hydrogen) atoms. The Morgan fingerprint density at radius 3 is 0.514 bits per heavy atom. The van der Waals surface area contributed by atoms with Crippen molar-refractivity contribution in [2.45, 2.75) is 51.9 Å². The quantitative estimate of drug-likeness (QED) is 0.113. The van der Waals surface area contributed by atoms with Crippen molar-refractivity contribution in [1.82, 2.24) is 19.6 Å². The molecule has 2 heterocycles. The molecular formula is C64H72N4P4. The van der Waals surface area contributed by atoms with Crippen LogP contribution in [-0.4, -0.2) is 69.9 Å². The van der Waals surface area contributed by atoms with Crippen molar-refractivity contribution in [3.63, 3.8) is 0 Å². The maximum Gasteiger partial charge on any atom is 0.0327 e. The van der Waals surface area contributed by atoms with Crippen molar-refractivity contribution in [2.24, 2.45) is 0 Å². The fourth-order valence-corrected chi connectivity index (χ4v) is 21.0. The van der Waals surface area contributed by atoms with Gasteiger partial charge in [0.2, 0.25) is 0 Å². The second-order valence-electron chi connectivity index (χ2n) is 19.3. The van der Waals surface area contributed by atoms with Crippen LogP contribution < -0.4 is 21.2 Å². The van der Waals surface area contributed by atoms with Crippen molar-refractivity contribution in [2.75, 3.05) is 50.3 Å². The molecule has 8 heteroatoms. The van der Waals surface area contributed by atoms with Crippen molar-refractivity contribution >= 4 is 52.9 Å². The van der Waals surface area contributed by atoms with Crippen LogP contribution in [0.2, 0.25) is 0 Å². The molecule has 0 bridgehead atoms. The Hall–Kier alpha value is -4.68. The summed E-state index contributed by atoms with van der Waals surface area (Å²) >= 11 is 0. The summed E-state index contributed by atoms with van der Waals surface area (Å²) in [4.78, 5) is 11.2. The molecule has 0 radical (unpaired) electrons. The van der Waals surface area contributed by atoms with Gasteiger partial charge in [-0.05, 0) is 103 Å². The molecule has 0 aromatic heterocycles. The van der Waals surface area contributed by atoms with E-state index >= 15 is 0 Å². The van der Waals surface area contributed by atoms with Crippen LogP contribution in [0.25, 0.3) is 0 Å². The summed E-state index contributed by atoms with van der Waals surface area (Å²) in [6, 6.07) is 91.0. The third kappa shape index (κ3) is 13.9. The summed E-state index contributed by atoms with van der Waals surface area (Å²) in [7, 11) is -1.44. The Kier molecular flexibility index (Phi) is 19.2. The predicted octanol–water partition coefficient (Wildman–Crippen LogP) is 15.1. The first-order chi connectivity index (χ1) is 35.4. The minimum atomic E-state index is -0.360. The SMILES string of the molecule is C[C@H](c1ccccc1)N1CP(c2ccccc2)CN([C@H](C)c2ccccc2)CP(c2ccccc2)C1.C[C@H](c1ccccc1)N1CP(c2ccccc2)CN([C@H](C)c2ccccc2)CP(c2ccccc2)C1. The highest BCUT2D eigenvalue weighted by Crippen LogP contribution is 2.51. The second-order valence-corrected chi connectivity index (χ2v) is 28.0. The van der Waals surface area contributed by atoms with E-state index < -0.39 is 0 Å². The van der Waals surface area contributed by atoms with E-state index in [1.54, 1.807) is 0 Å². The third-order valence-corrected chi connectivity index (χ3v) is 24.4. The number of hydrogen-bond donors (Lipinski definition) is 0. The first-order valence-corrected chi connectivity index (χ1v) is 32.6. The van der Waals surface area contributed by atoms with Gasteiger partial charge in [0.1, 0.15) is 0 Å². The molecule has 2 fully saturated rings. The standard InChI is InChI=1S/2C32H36N2P2/c2*1-27(29-15-7-3-8-16-29)33-23-35(31-19-11-5-12-20-31)25-34(28(2)30-17-9-4-10-18-30)26-36(24-33)32-21-13-6-14-22-32/h2*3-22,27-28H,23-26H2,1-2H3/t2*27-,28-,35?,36?/m11/s1. The summed E-state index contributed by atoms with van der Waals surface area (Å²) in [6.07, 6.45) is 8.99. The average molecular weight is 1020 g/mol. The lowest BCUT2D eigenvalue weighted by Crippen LogP contribution is -2.39. The van der Waals surface area contributed by atoms with Crippen molar-refractivity contribution in [1.29, 1.82) is 0 Å². The summed E-state index contributed by atoms with van der Waals surface area (Å²) < 4.78 is 0. The van der Waals surface area contributed by atoms with Crippen molar-refractivity contribution < 1.29 is 0 Å². The molecule has 2 saturated heterocycles. The molecule has 0 N–H and O–H groups in total. The topological polar surface area (TPSA) is 13.0 Å². The molecule has 4 nitrogen and oxygen atoms in total. The molecule has 2 aliphatic rings. The van der Waals surface area contributed by atoms with Gasteiger partial charge in [-0.2, -0.15) is 0 Å². The lowest BCUT2D eigenvalue weighted by atomic mass is 10.1. The van der Waals surface area contributed by atoms with E-state index in [0.717, 1.165) is 50.3 Å². The normalized spacial score (nSPS) is 21.3. The summed E-state index contributed by atoms with van der Waals surface area (Å²) in [5.74, 6) is 0. The summed E-state index contributed by atoms with van der Waals surface area (Å²) in [5.41, 5.74) is 5.66. The molecule has 0 amide bonds. The van der Waals surface area contributed by atoms with E-state index in [-0.39, 0.29) is 31.7 Å². The second kappa shape index (κ2) is 26.5. The van der Waals surface area contributed by atoms with Gasteiger partial charge < -0.3 is 0 Å².